The van der Waals surface area contributed by atoms with Gasteiger partial charge in [0.15, 0.2) is 6.29 Å². The number of halogens is 6. The van der Waals surface area contributed by atoms with Gasteiger partial charge in [0.25, 0.3) is 0 Å². The van der Waals surface area contributed by atoms with Crippen molar-refractivity contribution < 1.29 is 31.1 Å². The molecule has 28 heavy (non-hydrogen) atoms. The van der Waals surface area contributed by atoms with Gasteiger partial charge in [-0.3, -0.25) is 4.79 Å². The number of rotatable bonds is 3. The highest BCUT2D eigenvalue weighted by Gasteiger charge is 2.36. The number of hydrogen-bond acceptors (Lipinski definition) is 2. The van der Waals surface area contributed by atoms with E-state index < -0.39 is 29.0 Å². The number of nitrogens with zero attached hydrogens (tertiary/aromatic N) is 1. The van der Waals surface area contributed by atoms with Crippen LogP contribution in [0.1, 0.15) is 21.6 Å². The minimum absolute atomic E-state index is 0.157. The van der Waals surface area contributed by atoms with Gasteiger partial charge in [0.2, 0.25) is 0 Å². The Hall–Kier alpha value is -3.16. The van der Waals surface area contributed by atoms with Crippen LogP contribution in [0, 0.1) is 0 Å². The zero-order valence-corrected chi connectivity index (χ0v) is 14.0. The lowest BCUT2D eigenvalue weighted by Gasteiger charge is -2.18. The molecule has 0 saturated heterocycles. The molecule has 0 aliphatic heterocycles. The fourth-order valence-corrected chi connectivity index (χ4v) is 2.86. The fourth-order valence-electron chi connectivity index (χ4n) is 2.86. The molecule has 0 radical (unpaired) electrons. The Labute approximate surface area is 155 Å². The molecule has 144 valence electrons. The number of carbonyl (C=O) groups is 1. The molecule has 1 aromatic heterocycles. The lowest BCUT2D eigenvalue weighted by molar-refractivity contribution is -0.138. The summed E-state index contributed by atoms with van der Waals surface area (Å²) in [6, 6.07) is 11.3. The van der Waals surface area contributed by atoms with Crippen molar-refractivity contribution >= 4 is 6.29 Å². The molecule has 0 atom stereocenters. The molecule has 0 N–H and O–H groups in total. The standard InChI is InChI=1S/C20H11F6NO/c21-19(22,23)16-7-3-1-5-13(16)14-10-9-12(11-28)27-18(14)15-6-2-4-8-17(15)20(24,25)26/h1-11H. The maximum Gasteiger partial charge on any atom is 0.417 e. The van der Waals surface area contributed by atoms with Gasteiger partial charge in [-0.25, -0.2) is 4.98 Å². The zero-order chi connectivity index (χ0) is 20.5. The molecule has 0 bridgehead atoms. The maximum absolute atomic E-state index is 13.4. The number of hydrogen-bond donors (Lipinski definition) is 0. The molecule has 2 aromatic carbocycles. The summed E-state index contributed by atoms with van der Waals surface area (Å²) < 4.78 is 80.6. The zero-order valence-electron chi connectivity index (χ0n) is 14.0. The van der Waals surface area contributed by atoms with Crippen molar-refractivity contribution in [2.75, 3.05) is 0 Å². The van der Waals surface area contributed by atoms with Gasteiger partial charge in [-0.05, 0) is 29.8 Å². The van der Waals surface area contributed by atoms with Crippen LogP contribution in [0.3, 0.4) is 0 Å². The SMILES string of the molecule is O=Cc1ccc(-c2ccccc2C(F)(F)F)c(-c2ccccc2C(F)(F)F)n1. The summed E-state index contributed by atoms with van der Waals surface area (Å²) in [4.78, 5) is 15.0. The molecule has 0 spiro atoms. The van der Waals surface area contributed by atoms with E-state index in [1.54, 1.807) is 0 Å². The first-order valence-corrected chi connectivity index (χ1v) is 7.92. The van der Waals surface area contributed by atoms with E-state index in [1.807, 2.05) is 0 Å². The summed E-state index contributed by atoms with van der Waals surface area (Å²) >= 11 is 0. The van der Waals surface area contributed by atoms with Gasteiger partial charge in [0, 0.05) is 11.1 Å². The molecule has 0 saturated carbocycles. The van der Waals surface area contributed by atoms with Crippen LogP contribution in [0.15, 0.2) is 60.7 Å². The van der Waals surface area contributed by atoms with Gasteiger partial charge in [0.05, 0.1) is 16.8 Å². The van der Waals surface area contributed by atoms with Crippen LogP contribution in [0.5, 0.6) is 0 Å². The number of pyridine rings is 1. The number of alkyl halides is 6. The van der Waals surface area contributed by atoms with Gasteiger partial charge < -0.3 is 0 Å². The monoisotopic (exact) mass is 395 g/mol. The van der Waals surface area contributed by atoms with Crippen molar-refractivity contribution in [3.8, 4) is 22.4 Å². The molecular weight excluding hydrogens is 384 g/mol. The van der Waals surface area contributed by atoms with E-state index in [-0.39, 0.29) is 22.5 Å². The van der Waals surface area contributed by atoms with Gasteiger partial charge in [-0.1, -0.05) is 36.4 Å². The van der Waals surface area contributed by atoms with Crippen molar-refractivity contribution in [3.63, 3.8) is 0 Å². The Morgan fingerprint density at radius 3 is 1.68 bits per heavy atom. The van der Waals surface area contributed by atoms with E-state index in [9.17, 15) is 31.1 Å². The van der Waals surface area contributed by atoms with Crippen LogP contribution < -0.4 is 0 Å². The molecule has 3 aromatic rings. The Bertz CT molecular complexity index is 1020. The number of aldehydes is 1. The third kappa shape index (κ3) is 3.76. The first kappa shape index (κ1) is 19.6. The summed E-state index contributed by atoms with van der Waals surface area (Å²) in [5, 5.41) is 0. The van der Waals surface area contributed by atoms with E-state index in [2.05, 4.69) is 4.98 Å². The quantitative estimate of drug-likeness (QED) is 0.387. The van der Waals surface area contributed by atoms with Crippen LogP contribution in [-0.2, 0) is 12.4 Å². The number of carbonyl (C=O) groups excluding carboxylic acids is 1. The van der Waals surface area contributed by atoms with E-state index in [0.717, 1.165) is 30.3 Å². The fraction of sp³-hybridized carbons (Fsp3) is 0.100. The summed E-state index contributed by atoms with van der Waals surface area (Å²) in [6.07, 6.45) is -9.16. The predicted octanol–water partition coefficient (Wildman–Crippen LogP) is 6.27. The van der Waals surface area contributed by atoms with Crippen molar-refractivity contribution in [1.29, 1.82) is 0 Å². The summed E-state index contributed by atoms with van der Waals surface area (Å²) in [5.74, 6) is 0. The van der Waals surface area contributed by atoms with E-state index in [4.69, 9.17) is 0 Å². The highest BCUT2D eigenvalue weighted by Crippen LogP contribution is 2.43. The average Bonchev–Trinajstić information content (AvgIpc) is 2.66. The molecular formula is C20H11F6NO. The van der Waals surface area contributed by atoms with Gasteiger partial charge >= 0.3 is 12.4 Å². The van der Waals surface area contributed by atoms with E-state index in [1.165, 1.54) is 30.3 Å². The van der Waals surface area contributed by atoms with E-state index >= 15 is 0 Å². The molecule has 3 rings (SSSR count). The lowest BCUT2D eigenvalue weighted by Crippen LogP contribution is -2.10. The predicted molar refractivity (Wildman–Crippen MR) is 90.5 cm³/mol. The van der Waals surface area contributed by atoms with Gasteiger partial charge in [-0.15, -0.1) is 0 Å². The Kier molecular flexibility index (Phi) is 4.97. The lowest BCUT2D eigenvalue weighted by atomic mass is 9.92. The van der Waals surface area contributed by atoms with Crippen LogP contribution in [0.4, 0.5) is 26.3 Å². The smallest absolute Gasteiger partial charge is 0.296 e. The second-order valence-electron chi connectivity index (χ2n) is 5.84. The summed E-state index contributed by atoms with van der Waals surface area (Å²) in [6.45, 7) is 0. The Balaban J connectivity index is 2.37. The van der Waals surface area contributed by atoms with Crippen LogP contribution >= 0.6 is 0 Å². The number of aromatic nitrogens is 1. The van der Waals surface area contributed by atoms with Crippen molar-refractivity contribution in [1.82, 2.24) is 4.98 Å². The largest absolute Gasteiger partial charge is 0.417 e. The molecule has 0 amide bonds. The van der Waals surface area contributed by atoms with Crippen molar-refractivity contribution in [3.05, 3.63) is 77.5 Å². The van der Waals surface area contributed by atoms with Crippen LogP contribution in [0.2, 0.25) is 0 Å². The van der Waals surface area contributed by atoms with Gasteiger partial charge in [-0.2, -0.15) is 26.3 Å². The summed E-state index contributed by atoms with van der Waals surface area (Å²) in [7, 11) is 0. The molecule has 0 fully saturated rings. The van der Waals surface area contributed by atoms with Crippen LogP contribution in [-0.4, -0.2) is 11.3 Å². The average molecular weight is 395 g/mol. The highest BCUT2D eigenvalue weighted by atomic mass is 19.4. The normalized spacial score (nSPS) is 12.1. The molecule has 1 heterocycles. The highest BCUT2D eigenvalue weighted by molar-refractivity contribution is 5.86. The van der Waals surface area contributed by atoms with Crippen molar-refractivity contribution in [2.24, 2.45) is 0 Å². The maximum atomic E-state index is 13.4. The number of benzene rings is 2. The summed E-state index contributed by atoms with van der Waals surface area (Å²) in [5.41, 5.74) is -3.51. The van der Waals surface area contributed by atoms with E-state index in [0.29, 0.717) is 6.29 Å². The first-order chi connectivity index (χ1) is 13.1. The minimum Gasteiger partial charge on any atom is -0.296 e. The second kappa shape index (κ2) is 7.10. The molecule has 2 nitrogen and oxygen atoms in total. The topological polar surface area (TPSA) is 30.0 Å². The Morgan fingerprint density at radius 2 is 1.14 bits per heavy atom. The second-order valence-corrected chi connectivity index (χ2v) is 5.84. The third-order valence-electron chi connectivity index (χ3n) is 4.05. The molecule has 8 heteroatoms. The Morgan fingerprint density at radius 1 is 0.643 bits per heavy atom. The van der Waals surface area contributed by atoms with Gasteiger partial charge in [0.1, 0.15) is 5.69 Å². The molecule has 0 aliphatic carbocycles. The molecule has 0 aliphatic rings. The molecule has 0 unspecified atom stereocenters. The van der Waals surface area contributed by atoms with Crippen LogP contribution in [0.25, 0.3) is 22.4 Å². The first-order valence-electron chi connectivity index (χ1n) is 7.92. The van der Waals surface area contributed by atoms with Crippen molar-refractivity contribution in [2.45, 2.75) is 12.4 Å². The third-order valence-corrected chi connectivity index (χ3v) is 4.05. The minimum atomic E-state index is -4.75.